The van der Waals surface area contributed by atoms with Gasteiger partial charge in [-0.05, 0) is 36.4 Å². The zero-order valence-electron chi connectivity index (χ0n) is 15.0. The number of esters is 1. The molecule has 0 atom stereocenters. The molecule has 0 aliphatic carbocycles. The van der Waals surface area contributed by atoms with E-state index < -0.39 is 5.97 Å². The molecule has 0 unspecified atom stereocenters. The summed E-state index contributed by atoms with van der Waals surface area (Å²) in [5, 5.41) is 14.8. The molecule has 0 radical (unpaired) electrons. The van der Waals surface area contributed by atoms with Crippen LogP contribution in [0.25, 0.3) is 0 Å². The van der Waals surface area contributed by atoms with Gasteiger partial charge in [0.05, 0.1) is 35.2 Å². The van der Waals surface area contributed by atoms with Crippen molar-refractivity contribution >= 4 is 29.1 Å². The minimum atomic E-state index is -0.463. The van der Waals surface area contributed by atoms with Gasteiger partial charge in [-0.15, -0.1) is 0 Å². The second-order valence-corrected chi connectivity index (χ2v) is 5.71. The number of amides is 1. The van der Waals surface area contributed by atoms with E-state index in [4.69, 9.17) is 10.00 Å². The van der Waals surface area contributed by atoms with E-state index in [9.17, 15) is 9.59 Å². The quantitative estimate of drug-likeness (QED) is 0.661. The van der Waals surface area contributed by atoms with Crippen molar-refractivity contribution in [2.75, 3.05) is 17.7 Å². The number of hydrogen-bond acceptors (Lipinski definition) is 6. The maximum atomic E-state index is 12.4. The summed E-state index contributed by atoms with van der Waals surface area (Å²) >= 11 is 0. The van der Waals surface area contributed by atoms with Gasteiger partial charge in [0, 0.05) is 6.20 Å². The molecular weight excluding hydrogens is 356 g/mol. The average Bonchev–Trinajstić information content (AvgIpc) is 2.74. The molecule has 1 heterocycles. The molecule has 0 saturated heterocycles. The lowest BCUT2D eigenvalue weighted by Crippen LogP contribution is -2.13. The molecule has 0 fully saturated rings. The summed E-state index contributed by atoms with van der Waals surface area (Å²) in [6.45, 7) is 0. The van der Waals surface area contributed by atoms with Crippen LogP contribution < -0.4 is 10.6 Å². The molecule has 0 saturated carbocycles. The molecule has 3 aromatic rings. The van der Waals surface area contributed by atoms with Gasteiger partial charge in [0.15, 0.2) is 0 Å². The van der Waals surface area contributed by atoms with Crippen LogP contribution in [0.2, 0.25) is 0 Å². The number of carbonyl (C=O) groups is 2. The molecule has 0 bridgehead atoms. The summed E-state index contributed by atoms with van der Waals surface area (Å²) in [6.07, 6.45) is 1.41. The third kappa shape index (κ3) is 4.14. The summed E-state index contributed by atoms with van der Waals surface area (Å²) < 4.78 is 4.77. The smallest absolute Gasteiger partial charge is 0.339 e. The fourth-order valence-electron chi connectivity index (χ4n) is 2.50. The Morgan fingerprint density at radius 3 is 2.39 bits per heavy atom. The van der Waals surface area contributed by atoms with E-state index in [2.05, 4.69) is 15.6 Å². The fourth-order valence-corrected chi connectivity index (χ4v) is 2.50. The number of para-hydroxylation sites is 2. The zero-order valence-corrected chi connectivity index (χ0v) is 15.0. The number of anilines is 3. The van der Waals surface area contributed by atoms with E-state index in [1.54, 1.807) is 60.7 Å². The maximum absolute atomic E-state index is 12.4. The number of pyridine rings is 1. The lowest BCUT2D eigenvalue weighted by molar-refractivity contribution is 0.0601. The normalized spacial score (nSPS) is 9.86. The van der Waals surface area contributed by atoms with Crippen LogP contribution in [-0.4, -0.2) is 24.0 Å². The molecule has 0 aliphatic heterocycles. The Morgan fingerprint density at radius 2 is 1.71 bits per heavy atom. The molecule has 0 spiro atoms. The highest BCUT2D eigenvalue weighted by molar-refractivity contribution is 6.04. The highest BCUT2D eigenvalue weighted by Gasteiger charge is 2.13. The first kappa shape index (κ1) is 18.6. The van der Waals surface area contributed by atoms with E-state index in [1.165, 1.54) is 13.3 Å². The monoisotopic (exact) mass is 372 g/mol. The Morgan fingerprint density at radius 1 is 1.00 bits per heavy atom. The van der Waals surface area contributed by atoms with Crippen LogP contribution in [-0.2, 0) is 4.74 Å². The Labute approximate surface area is 161 Å². The molecule has 2 N–H and O–H groups in total. The average molecular weight is 372 g/mol. The Bertz CT molecular complexity index is 1060. The number of hydrogen-bond donors (Lipinski definition) is 2. The van der Waals surface area contributed by atoms with Gasteiger partial charge in [-0.1, -0.05) is 24.3 Å². The molecular formula is C21H16N4O3. The number of benzene rings is 2. The summed E-state index contributed by atoms with van der Waals surface area (Å²) in [4.78, 5) is 28.4. The second-order valence-electron chi connectivity index (χ2n) is 5.71. The molecule has 7 nitrogen and oxygen atoms in total. The van der Waals surface area contributed by atoms with E-state index in [0.29, 0.717) is 33.9 Å². The lowest BCUT2D eigenvalue weighted by Gasteiger charge is -2.11. The molecule has 1 amide bonds. The minimum Gasteiger partial charge on any atom is -0.465 e. The summed E-state index contributed by atoms with van der Waals surface area (Å²) in [6, 6.07) is 18.9. The number of aromatic nitrogens is 1. The Kier molecular flexibility index (Phi) is 5.63. The van der Waals surface area contributed by atoms with E-state index in [1.807, 2.05) is 6.07 Å². The second kappa shape index (κ2) is 8.47. The molecule has 2 aromatic carbocycles. The molecule has 1 aromatic heterocycles. The predicted molar refractivity (Wildman–Crippen MR) is 104 cm³/mol. The van der Waals surface area contributed by atoms with Gasteiger partial charge in [-0.3, -0.25) is 4.79 Å². The van der Waals surface area contributed by atoms with Gasteiger partial charge < -0.3 is 15.4 Å². The Balaban J connectivity index is 1.75. The van der Waals surface area contributed by atoms with Crippen LogP contribution in [0.3, 0.4) is 0 Å². The third-order valence-corrected chi connectivity index (χ3v) is 3.92. The fraction of sp³-hybridized carbons (Fsp3) is 0.0476. The van der Waals surface area contributed by atoms with Crippen LogP contribution in [0.1, 0.15) is 26.3 Å². The van der Waals surface area contributed by atoms with Gasteiger partial charge in [-0.2, -0.15) is 5.26 Å². The van der Waals surface area contributed by atoms with Gasteiger partial charge >= 0.3 is 5.97 Å². The van der Waals surface area contributed by atoms with Crippen LogP contribution in [0.4, 0.5) is 17.2 Å². The van der Waals surface area contributed by atoms with Crippen molar-refractivity contribution in [3.63, 3.8) is 0 Å². The highest BCUT2D eigenvalue weighted by atomic mass is 16.5. The SMILES string of the molecule is COC(=O)c1ccccc1Nc1ccc(C(=O)Nc2ccccc2C#N)cn1. The van der Waals surface area contributed by atoms with Crippen LogP contribution >= 0.6 is 0 Å². The topological polar surface area (TPSA) is 104 Å². The first-order chi connectivity index (χ1) is 13.6. The zero-order chi connectivity index (χ0) is 19.9. The minimum absolute atomic E-state index is 0.333. The van der Waals surface area contributed by atoms with Crippen LogP contribution in [0, 0.1) is 11.3 Å². The van der Waals surface area contributed by atoms with Crippen molar-refractivity contribution in [2.24, 2.45) is 0 Å². The predicted octanol–water partition coefficient (Wildman–Crippen LogP) is 3.74. The number of rotatable bonds is 5. The van der Waals surface area contributed by atoms with Crippen molar-refractivity contribution in [3.8, 4) is 6.07 Å². The first-order valence-electron chi connectivity index (χ1n) is 8.33. The summed E-state index contributed by atoms with van der Waals surface area (Å²) in [5.74, 6) is -0.378. The van der Waals surface area contributed by atoms with Crippen molar-refractivity contribution in [3.05, 3.63) is 83.6 Å². The largest absolute Gasteiger partial charge is 0.465 e. The highest BCUT2D eigenvalue weighted by Crippen LogP contribution is 2.21. The van der Waals surface area contributed by atoms with Crippen LogP contribution in [0.5, 0.6) is 0 Å². The lowest BCUT2D eigenvalue weighted by atomic mass is 10.1. The summed E-state index contributed by atoms with van der Waals surface area (Å²) in [5.41, 5.74) is 2.06. The van der Waals surface area contributed by atoms with Crippen molar-refractivity contribution in [2.45, 2.75) is 0 Å². The van der Waals surface area contributed by atoms with Gasteiger partial charge in [0.2, 0.25) is 0 Å². The van der Waals surface area contributed by atoms with Crippen LogP contribution in [0.15, 0.2) is 66.9 Å². The number of nitrogens with zero attached hydrogens (tertiary/aromatic N) is 2. The van der Waals surface area contributed by atoms with Crippen molar-refractivity contribution in [1.82, 2.24) is 4.98 Å². The standard InChI is InChI=1S/C21H16N4O3/c1-28-21(27)16-7-3-5-9-18(16)24-19-11-10-15(13-23-19)20(26)25-17-8-4-2-6-14(17)12-22/h2-11,13H,1H3,(H,23,24)(H,25,26). The Hall–Kier alpha value is -4.18. The molecule has 3 rings (SSSR count). The number of nitriles is 1. The first-order valence-corrected chi connectivity index (χ1v) is 8.33. The van der Waals surface area contributed by atoms with Gasteiger partial charge in [-0.25, -0.2) is 9.78 Å². The number of nitrogens with one attached hydrogen (secondary N) is 2. The molecule has 0 aliphatic rings. The number of methoxy groups -OCH3 is 1. The van der Waals surface area contributed by atoms with Gasteiger partial charge in [0.1, 0.15) is 11.9 Å². The maximum Gasteiger partial charge on any atom is 0.339 e. The molecule has 7 heteroatoms. The van der Waals surface area contributed by atoms with E-state index in [-0.39, 0.29) is 5.91 Å². The molecule has 138 valence electrons. The number of carbonyl (C=O) groups excluding carboxylic acids is 2. The summed E-state index contributed by atoms with van der Waals surface area (Å²) in [7, 11) is 1.31. The number of ether oxygens (including phenoxy) is 1. The third-order valence-electron chi connectivity index (χ3n) is 3.92. The molecule has 28 heavy (non-hydrogen) atoms. The van der Waals surface area contributed by atoms with E-state index >= 15 is 0 Å². The van der Waals surface area contributed by atoms with E-state index in [0.717, 1.165) is 0 Å². The van der Waals surface area contributed by atoms with Crippen molar-refractivity contribution in [1.29, 1.82) is 5.26 Å². The van der Waals surface area contributed by atoms with Crippen molar-refractivity contribution < 1.29 is 14.3 Å². The van der Waals surface area contributed by atoms with Gasteiger partial charge in [0.25, 0.3) is 5.91 Å².